The third-order valence-electron chi connectivity index (χ3n) is 3.65. The van der Waals surface area contributed by atoms with Crippen LogP contribution < -0.4 is 5.32 Å². The minimum atomic E-state index is 0. The molecule has 2 unspecified atom stereocenters. The molecule has 120 valence electrons. The van der Waals surface area contributed by atoms with Crippen molar-refractivity contribution in [3.63, 3.8) is 0 Å². The number of likely N-dealkylation sites (tertiary alicyclic amines) is 1. The van der Waals surface area contributed by atoms with Crippen LogP contribution in [0, 0.1) is 11.8 Å². The second kappa shape index (κ2) is 9.27. The van der Waals surface area contributed by atoms with Crippen molar-refractivity contribution in [2.75, 3.05) is 26.2 Å². The van der Waals surface area contributed by atoms with E-state index in [4.69, 9.17) is 4.99 Å². The van der Waals surface area contributed by atoms with E-state index in [1.807, 2.05) is 23.1 Å². The molecule has 1 saturated heterocycles. The lowest BCUT2D eigenvalue weighted by atomic mass is 9.92. The van der Waals surface area contributed by atoms with Crippen LogP contribution in [-0.2, 0) is 6.54 Å². The van der Waals surface area contributed by atoms with E-state index >= 15 is 0 Å². The fraction of sp³-hybridized carbons (Fsp3) is 0.733. The van der Waals surface area contributed by atoms with E-state index in [0.29, 0.717) is 0 Å². The van der Waals surface area contributed by atoms with Gasteiger partial charge in [0.1, 0.15) is 0 Å². The Kier molecular flexibility index (Phi) is 8.06. The van der Waals surface area contributed by atoms with Crippen molar-refractivity contribution in [1.29, 1.82) is 0 Å². The Morgan fingerprint density at radius 2 is 2.05 bits per heavy atom. The number of halogens is 1. The molecule has 1 fully saturated rings. The smallest absolute Gasteiger partial charge is 0.193 e. The first kappa shape index (κ1) is 18.3. The van der Waals surface area contributed by atoms with Gasteiger partial charge >= 0.3 is 0 Å². The van der Waals surface area contributed by atoms with Crippen molar-refractivity contribution < 1.29 is 0 Å². The minimum absolute atomic E-state index is 0. The zero-order valence-electron chi connectivity index (χ0n) is 13.3. The molecule has 0 bridgehead atoms. The number of rotatable bonds is 4. The van der Waals surface area contributed by atoms with Gasteiger partial charge in [-0.05, 0) is 31.2 Å². The summed E-state index contributed by atoms with van der Waals surface area (Å²) >= 11 is 0. The highest BCUT2D eigenvalue weighted by Crippen LogP contribution is 2.20. The molecule has 5 nitrogen and oxygen atoms in total. The Bertz CT molecular complexity index is 408. The lowest BCUT2D eigenvalue weighted by molar-refractivity contribution is 0.208. The molecule has 0 aliphatic carbocycles. The number of aromatic nitrogens is 2. The average molecular weight is 405 g/mol. The molecule has 0 saturated carbocycles. The van der Waals surface area contributed by atoms with Crippen LogP contribution in [0.1, 0.15) is 27.2 Å². The Balaban J connectivity index is 0.00000220. The maximum Gasteiger partial charge on any atom is 0.193 e. The average Bonchev–Trinajstić information content (AvgIpc) is 2.89. The highest BCUT2D eigenvalue weighted by molar-refractivity contribution is 14.0. The second-order valence-corrected chi connectivity index (χ2v) is 5.86. The van der Waals surface area contributed by atoms with Crippen LogP contribution in [0.3, 0.4) is 0 Å². The van der Waals surface area contributed by atoms with Crippen molar-refractivity contribution in [2.45, 2.75) is 33.7 Å². The molecule has 0 aromatic carbocycles. The molecule has 0 spiro atoms. The van der Waals surface area contributed by atoms with E-state index in [1.165, 1.54) is 6.42 Å². The van der Waals surface area contributed by atoms with Gasteiger partial charge in [-0.1, -0.05) is 13.8 Å². The third kappa shape index (κ3) is 5.84. The van der Waals surface area contributed by atoms with Gasteiger partial charge in [0.25, 0.3) is 0 Å². The predicted octanol–water partition coefficient (Wildman–Crippen LogP) is 2.44. The van der Waals surface area contributed by atoms with Gasteiger partial charge in [0.05, 0.1) is 13.1 Å². The Labute approximate surface area is 145 Å². The predicted molar refractivity (Wildman–Crippen MR) is 98.1 cm³/mol. The fourth-order valence-electron chi connectivity index (χ4n) is 2.95. The summed E-state index contributed by atoms with van der Waals surface area (Å²) in [6, 6.07) is 1.95. The summed E-state index contributed by atoms with van der Waals surface area (Å²) in [5.74, 6) is 2.54. The molecule has 1 aliphatic heterocycles. The lowest BCUT2D eigenvalue weighted by Gasteiger charge is -2.37. The summed E-state index contributed by atoms with van der Waals surface area (Å²) in [7, 11) is 0. The van der Waals surface area contributed by atoms with Crippen molar-refractivity contribution in [3.05, 3.63) is 18.5 Å². The number of hydrogen-bond acceptors (Lipinski definition) is 2. The maximum absolute atomic E-state index is 4.75. The zero-order valence-corrected chi connectivity index (χ0v) is 15.7. The summed E-state index contributed by atoms with van der Waals surface area (Å²) in [6.07, 6.45) is 5.11. The van der Waals surface area contributed by atoms with Gasteiger partial charge in [-0.3, -0.25) is 9.67 Å². The van der Waals surface area contributed by atoms with E-state index in [0.717, 1.165) is 50.5 Å². The normalized spacial score (nSPS) is 22.8. The molecule has 1 aromatic heterocycles. The first-order valence-corrected chi connectivity index (χ1v) is 7.69. The second-order valence-electron chi connectivity index (χ2n) is 5.86. The first-order chi connectivity index (χ1) is 9.69. The minimum Gasteiger partial charge on any atom is -0.357 e. The van der Waals surface area contributed by atoms with Gasteiger partial charge in [-0.25, -0.2) is 0 Å². The highest BCUT2D eigenvalue weighted by atomic mass is 127. The largest absolute Gasteiger partial charge is 0.357 e. The van der Waals surface area contributed by atoms with E-state index in [-0.39, 0.29) is 24.0 Å². The van der Waals surface area contributed by atoms with Gasteiger partial charge in [-0.2, -0.15) is 5.10 Å². The van der Waals surface area contributed by atoms with Crippen molar-refractivity contribution in [3.8, 4) is 0 Å². The van der Waals surface area contributed by atoms with Gasteiger partial charge in [0.2, 0.25) is 0 Å². The van der Waals surface area contributed by atoms with Crippen LogP contribution in [0.15, 0.2) is 23.5 Å². The van der Waals surface area contributed by atoms with Gasteiger partial charge in [0.15, 0.2) is 5.96 Å². The standard InChI is InChI=1S/C15H27N5.HI/c1-4-16-15(17-7-9-20-8-5-6-18-20)19-11-13(2)10-14(3)12-19;/h5-6,8,13-14H,4,7,9-12H2,1-3H3,(H,16,17);1H. The summed E-state index contributed by atoms with van der Waals surface area (Å²) in [5.41, 5.74) is 0. The summed E-state index contributed by atoms with van der Waals surface area (Å²) in [4.78, 5) is 7.16. The first-order valence-electron chi connectivity index (χ1n) is 7.69. The molecular formula is C15H28IN5. The van der Waals surface area contributed by atoms with Crippen molar-refractivity contribution in [1.82, 2.24) is 20.0 Å². The number of guanidine groups is 1. The third-order valence-corrected chi connectivity index (χ3v) is 3.65. The number of piperidine rings is 1. The van der Waals surface area contributed by atoms with Gasteiger partial charge < -0.3 is 10.2 Å². The molecule has 2 atom stereocenters. The Hall–Kier alpha value is -0.790. The number of nitrogens with one attached hydrogen (secondary N) is 1. The van der Waals surface area contributed by atoms with Crippen LogP contribution in [0.25, 0.3) is 0 Å². The molecule has 21 heavy (non-hydrogen) atoms. The van der Waals surface area contributed by atoms with Crippen LogP contribution >= 0.6 is 24.0 Å². The van der Waals surface area contributed by atoms with Crippen LogP contribution in [0.2, 0.25) is 0 Å². The van der Waals surface area contributed by atoms with Crippen LogP contribution in [0.4, 0.5) is 0 Å². The Morgan fingerprint density at radius 3 is 2.62 bits per heavy atom. The molecule has 1 N–H and O–H groups in total. The highest BCUT2D eigenvalue weighted by Gasteiger charge is 2.23. The molecule has 0 radical (unpaired) electrons. The monoisotopic (exact) mass is 405 g/mol. The fourth-order valence-corrected chi connectivity index (χ4v) is 2.95. The van der Waals surface area contributed by atoms with E-state index in [2.05, 4.69) is 36.1 Å². The number of nitrogens with zero attached hydrogens (tertiary/aromatic N) is 4. The van der Waals surface area contributed by atoms with Crippen LogP contribution in [0.5, 0.6) is 0 Å². The van der Waals surface area contributed by atoms with Gasteiger partial charge in [0, 0.05) is 32.0 Å². The van der Waals surface area contributed by atoms with Crippen molar-refractivity contribution in [2.24, 2.45) is 16.8 Å². The number of aliphatic imine (C=N–C) groups is 1. The van der Waals surface area contributed by atoms with Gasteiger partial charge in [-0.15, -0.1) is 24.0 Å². The lowest BCUT2D eigenvalue weighted by Crippen LogP contribution is -2.48. The van der Waals surface area contributed by atoms with Crippen molar-refractivity contribution >= 4 is 29.9 Å². The van der Waals surface area contributed by atoms with E-state index in [9.17, 15) is 0 Å². The summed E-state index contributed by atoms with van der Waals surface area (Å²) < 4.78 is 1.93. The molecule has 1 aromatic rings. The molecule has 1 aliphatic rings. The Morgan fingerprint density at radius 1 is 1.33 bits per heavy atom. The topological polar surface area (TPSA) is 45.5 Å². The summed E-state index contributed by atoms with van der Waals surface area (Å²) in [5, 5.41) is 7.63. The molecule has 0 amide bonds. The molecule has 6 heteroatoms. The number of hydrogen-bond donors (Lipinski definition) is 1. The van der Waals surface area contributed by atoms with Crippen LogP contribution in [-0.4, -0.2) is 46.8 Å². The quantitative estimate of drug-likeness (QED) is 0.476. The zero-order chi connectivity index (χ0) is 14.4. The SMILES string of the molecule is CCNC(=NCCn1cccn1)N1CC(C)CC(C)C1.I. The molecule has 2 rings (SSSR count). The maximum atomic E-state index is 4.75. The van der Waals surface area contributed by atoms with E-state index < -0.39 is 0 Å². The molecular weight excluding hydrogens is 377 g/mol. The molecule has 2 heterocycles. The van der Waals surface area contributed by atoms with E-state index in [1.54, 1.807) is 0 Å². The summed E-state index contributed by atoms with van der Waals surface area (Å²) in [6.45, 7) is 11.5.